The van der Waals surface area contributed by atoms with Crippen LogP contribution in [0.2, 0.25) is 0 Å². The van der Waals surface area contributed by atoms with Crippen LogP contribution in [0, 0.1) is 0 Å². The standard InChI is InChI=1S/C15H24N2O/c1-16(2)12-13-17(3)11-7-10-15(18)14-8-5-4-6-9-14/h4-6,8-9H,7,10-13H2,1-3H3. The van der Waals surface area contributed by atoms with Crippen LogP contribution in [0.1, 0.15) is 23.2 Å². The Kier molecular flexibility index (Phi) is 6.61. The molecule has 0 amide bonds. The van der Waals surface area contributed by atoms with Crippen molar-refractivity contribution in [3.8, 4) is 0 Å². The molecule has 0 aliphatic heterocycles. The van der Waals surface area contributed by atoms with E-state index in [4.69, 9.17) is 0 Å². The van der Waals surface area contributed by atoms with E-state index in [1.165, 1.54) is 0 Å². The topological polar surface area (TPSA) is 23.6 Å². The molecule has 0 bridgehead atoms. The summed E-state index contributed by atoms with van der Waals surface area (Å²) in [5, 5.41) is 0. The highest BCUT2D eigenvalue weighted by Gasteiger charge is 2.05. The van der Waals surface area contributed by atoms with Gasteiger partial charge in [-0.3, -0.25) is 4.79 Å². The molecular weight excluding hydrogens is 224 g/mol. The lowest BCUT2D eigenvalue weighted by molar-refractivity contribution is 0.0976. The lowest BCUT2D eigenvalue weighted by atomic mass is 10.1. The zero-order valence-electron chi connectivity index (χ0n) is 11.7. The second-order valence-electron chi connectivity index (χ2n) is 5.00. The number of ketones is 1. The van der Waals surface area contributed by atoms with Crippen LogP contribution in [-0.2, 0) is 0 Å². The first-order valence-corrected chi connectivity index (χ1v) is 6.51. The predicted octanol–water partition coefficient (Wildman–Crippen LogP) is 2.14. The van der Waals surface area contributed by atoms with Crippen molar-refractivity contribution in [3.63, 3.8) is 0 Å². The first kappa shape index (κ1) is 14.9. The summed E-state index contributed by atoms with van der Waals surface area (Å²) in [4.78, 5) is 16.3. The SMILES string of the molecule is CN(C)CCN(C)CCCC(=O)c1ccccc1. The third-order valence-electron chi connectivity index (χ3n) is 2.97. The Hall–Kier alpha value is -1.19. The Balaban J connectivity index is 2.20. The molecule has 0 spiro atoms. The van der Waals surface area contributed by atoms with Gasteiger partial charge in [-0.15, -0.1) is 0 Å². The van der Waals surface area contributed by atoms with E-state index in [1.807, 2.05) is 30.3 Å². The van der Waals surface area contributed by atoms with Gasteiger partial charge < -0.3 is 9.80 Å². The Morgan fingerprint density at radius 2 is 1.67 bits per heavy atom. The molecule has 0 heterocycles. The maximum Gasteiger partial charge on any atom is 0.162 e. The molecule has 1 aromatic rings. The van der Waals surface area contributed by atoms with Crippen molar-refractivity contribution in [2.45, 2.75) is 12.8 Å². The number of likely N-dealkylation sites (N-methyl/N-ethyl adjacent to an activating group) is 2. The Morgan fingerprint density at radius 3 is 2.28 bits per heavy atom. The van der Waals surface area contributed by atoms with E-state index in [9.17, 15) is 4.79 Å². The molecule has 0 saturated heterocycles. The van der Waals surface area contributed by atoms with Gasteiger partial charge in [-0.1, -0.05) is 30.3 Å². The number of rotatable bonds is 8. The van der Waals surface area contributed by atoms with E-state index < -0.39 is 0 Å². The van der Waals surface area contributed by atoms with E-state index in [2.05, 4.69) is 30.9 Å². The van der Waals surface area contributed by atoms with Crippen molar-refractivity contribution in [2.75, 3.05) is 40.8 Å². The number of Topliss-reactive ketones (excluding diaryl/α,β-unsaturated/α-hetero) is 1. The smallest absolute Gasteiger partial charge is 0.162 e. The zero-order chi connectivity index (χ0) is 13.4. The van der Waals surface area contributed by atoms with E-state index in [0.29, 0.717) is 6.42 Å². The van der Waals surface area contributed by atoms with Crippen LogP contribution in [0.4, 0.5) is 0 Å². The molecule has 0 fully saturated rings. The largest absolute Gasteiger partial charge is 0.308 e. The monoisotopic (exact) mass is 248 g/mol. The fourth-order valence-electron chi connectivity index (χ4n) is 1.76. The van der Waals surface area contributed by atoms with Crippen LogP contribution in [0.25, 0.3) is 0 Å². The van der Waals surface area contributed by atoms with Crippen LogP contribution in [0.15, 0.2) is 30.3 Å². The van der Waals surface area contributed by atoms with E-state index in [1.54, 1.807) is 0 Å². The molecule has 0 aromatic heterocycles. The molecule has 1 rings (SSSR count). The summed E-state index contributed by atoms with van der Waals surface area (Å²) in [7, 11) is 6.26. The first-order valence-electron chi connectivity index (χ1n) is 6.51. The quantitative estimate of drug-likeness (QED) is 0.659. The van der Waals surface area contributed by atoms with Crippen LogP contribution in [0.5, 0.6) is 0 Å². The molecule has 0 saturated carbocycles. The Labute approximate surface area is 110 Å². The Morgan fingerprint density at radius 1 is 1.00 bits per heavy atom. The van der Waals surface area contributed by atoms with E-state index in [-0.39, 0.29) is 5.78 Å². The summed E-state index contributed by atoms with van der Waals surface area (Å²) in [5.41, 5.74) is 0.827. The van der Waals surface area contributed by atoms with Crippen molar-refractivity contribution >= 4 is 5.78 Å². The summed E-state index contributed by atoms with van der Waals surface area (Å²) in [5.74, 6) is 0.247. The number of hydrogen-bond acceptors (Lipinski definition) is 3. The highest BCUT2D eigenvalue weighted by Crippen LogP contribution is 2.05. The average Bonchev–Trinajstić information content (AvgIpc) is 2.37. The maximum absolute atomic E-state index is 11.9. The molecule has 3 nitrogen and oxygen atoms in total. The summed E-state index contributed by atoms with van der Waals surface area (Å²) in [6.07, 6.45) is 1.56. The molecule has 0 unspecified atom stereocenters. The van der Waals surface area contributed by atoms with Crippen LogP contribution in [-0.4, -0.2) is 56.4 Å². The van der Waals surface area contributed by atoms with Gasteiger partial charge in [0.15, 0.2) is 5.78 Å². The van der Waals surface area contributed by atoms with Gasteiger partial charge in [0.25, 0.3) is 0 Å². The van der Waals surface area contributed by atoms with Crippen molar-refractivity contribution in [1.82, 2.24) is 9.80 Å². The lowest BCUT2D eigenvalue weighted by Crippen LogP contribution is -2.29. The number of nitrogens with zero attached hydrogens (tertiary/aromatic N) is 2. The maximum atomic E-state index is 11.9. The van der Waals surface area contributed by atoms with Gasteiger partial charge >= 0.3 is 0 Å². The van der Waals surface area contributed by atoms with Gasteiger partial charge in [0.2, 0.25) is 0 Å². The van der Waals surface area contributed by atoms with E-state index >= 15 is 0 Å². The van der Waals surface area contributed by atoms with Crippen LogP contribution >= 0.6 is 0 Å². The molecule has 0 atom stereocenters. The minimum absolute atomic E-state index is 0.247. The van der Waals surface area contributed by atoms with Crippen LogP contribution < -0.4 is 0 Å². The normalized spacial score (nSPS) is 11.2. The molecule has 18 heavy (non-hydrogen) atoms. The molecule has 0 N–H and O–H groups in total. The summed E-state index contributed by atoms with van der Waals surface area (Å²) >= 11 is 0. The molecule has 3 heteroatoms. The van der Waals surface area contributed by atoms with Gasteiger partial charge in [-0.25, -0.2) is 0 Å². The number of benzene rings is 1. The van der Waals surface area contributed by atoms with Gasteiger partial charge in [-0.05, 0) is 34.1 Å². The molecular formula is C15H24N2O. The zero-order valence-corrected chi connectivity index (χ0v) is 11.7. The summed E-state index contributed by atoms with van der Waals surface area (Å²) < 4.78 is 0. The van der Waals surface area contributed by atoms with Gasteiger partial charge in [0, 0.05) is 25.1 Å². The number of carbonyl (C=O) groups excluding carboxylic acids is 1. The van der Waals surface area contributed by atoms with Crippen molar-refractivity contribution in [2.24, 2.45) is 0 Å². The number of carbonyl (C=O) groups is 1. The third kappa shape index (κ3) is 5.94. The lowest BCUT2D eigenvalue weighted by Gasteiger charge is -2.18. The van der Waals surface area contributed by atoms with E-state index in [0.717, 1.165) is 31.6 Å². The summed E-state index contributed by atoms with van der Waals surface area (Å²) in [6.45, 7) is 3.09. The first-order chi connectivity index (χ1) is 8.59. The predicted molar refractivity (Wildman–Crippen MR) is 76.1 cm³/mol. The minimum Gasteiger partial charge on any atom is -0.308 e. The van der Waals surface area contributed by atoms with Crippen LogP contribution in [0.3, 0.4) is 0 Å². The summed E-state index contributed by atoms with van der Waals surface area (Å²) in [6, 6.07) is 9.54. The fourth-order valence-corrected chi connectivity index (χ4v) is 1.76. The van der Waals surface area contributed by atoms with Gasteiger partial charge in [0.05, 0.1) is 0 Å². The second-order valence-corrected chi connectivity index (χ2v) is 5.00. The van der Waals surface area contributed by atoms with Crippen molar-refractivity contribution in [3.05, 3.63) is 35.9 Å². The molecule has 1 aromatic carbocycles. The molecule has 0 aliphatic rings. The van der Waals surface area contributed by atoms with Crippen molar-refractivity contribution in [1.29, 1.82) is 0 Å². The third-order valence-corrected chi connectivity index (χ3v) is 2.97. The Bertz CT molecular complexity index is 349. The fraction of sp³-hybridized carbons (Fsp3) is 0.533. The van der Waals surface area contributed by atoms with Gasteiger partial charge in [0.1, 0.15) is 0 Å². The molecule has 0 aliphatic carbocycles. The minimum atomic E-state index is 0.247. The average molecular weight is 248 g/mol. The molecule has 100 valence electrons. The van der Waals surface area contributed by atoms with Gasteiger partial charge in [-0.2, -0.15) is 0 Å². The molecule has 0 radical (unpaired) electrons. The highest BCUT2D eigenvalue weighted by molar-refractivity contribution is 5.95. The van der Waals surface area contributed by atoms with Crippen molar-refractivity contribution < 1.29 is 4.79 Å². The number of hydrogen-bond donors (Lipinski definition) is 0. The highest BCUT2D eigenvalue weighted by atomic mass is 16.1. The second kappa shape index (κ2) is 8.01.